The topological polar surface area (TPSA) is 97.7 Å². The van der Waals surface area contributed by atoms with E-state index in [9.17, 15) is 10.4 Å². The van der Waals surface area contributed by atoms with Crippen LogP contribution in [0.3, 0.4) is 0 Å². The van der Waals surface area contributed by atoms with Crippen LogP contribution in [0.1, 0.15) is 30.9 Å². The largest absolute Gasteiger partial charge is 0.508 e. The number of benzene rings is 2. The van der Waals surface area contributed by atoms with E-state index in [-0.39, 0.29) is 17.2 Å². The van der Waals surface area contributed by atoms with Crippen LogP contribution in [0.15, 0.2) is 47.9 Å². The summed E-state index contributed by atoms with van der Waals surface area (Å²) in [7, 11) is 0. The smallest absolute Gasteiger partial charge is 0.205 e. The van der Waals surface area contributed by atoms with Crippen LogP contribution in [0.2, 0.25) is 0 Å². The van der Waals surface area contributed by atoms with E-state index in [2.05, 4.69) is 6.07 Å². The Morgan fingerprint density at radius 1 is 1.12 bits per heavy atom. The van der Waals surface area contributed by atoms with E-state index in [0.717, 1.165) is 5.56 Å². The van der Waals surface area contributed by atoms with Gasteiger partial charge in [-0.05, 0) is 50.2 Å². The quantitative estimate of drug-likeness (QED) is 0.856. The monoisotopic (exact) mass is 352 g/mol. The van der Waals surface area contributed by atoms with Crippen molar-refractivity contribution in [3.63, 3.8) is 0 Å². The van der Waals surface area contributed by atoms with Crippen LogP contribution in [0.5, 0.6) is 23.0 Å². The molecular weight excluding hydrogens is 332 g/mol. The number of ether oxygens (including phenoxy) is 3. The van der Waals surface area contributed by atoms with Gasteiger partial charge in [0, 0.05) is 11.1 Å². The summed E-state index contributed by atoms with van der Waals surface area (Å²) < 4.78 is 16.9. The lowest BCUT2D eigenvalue weighted by atomic mass is 9.83. The molecule has 0 saturated heterocycles. The molecule has 1 atom stereocenters. The van der Waals surface area contributed by atoms with Crippen LogP contribution in [0.4, 0.5) is 0 Å². The Kier molecular flexibility index (Phi) is 4.90. The van der Waals surface area contributed by atoms with Gasteiger partial charge in [-0.2, -0.15) is 5.26 Å². The third-order valence-electron chi connectivity index (χ3n) is 4.10. The fourth-order valence-corrected chi connectivity index (χ4v) is 3.06. The highest BCUT2D eigenvalue weighted by atomic mass is 16.5. The molecule has 1 aliphatic rings. The Hall–Kier alpha value is -3.33. The second-order valence-corrected chi connectivity index (χ2v) is 5.71. The normalized spacial score (nSPS) is 15.7. The van der Waals surface area contributed by atoms with Crippen molar-refractivity contribution in [2.45, 2.75) is 19.8 Å². The summed E-state index contributed by atoms with van der Waals surface area (Å²) in [6, 6.07) is 12.3. The minimum absolute atomic E-state index is 0.0416. The van der Waals surface area contributed by atoms with Gasteiger partial charge in [-0.15, -0.1) is 0 Å². The van der Waals surface area contributed by atoms with E-state index in [1.54, 1.807) is 12.1 Å². The van der Waals surface area contributed by atoms with Gasteiger partial charge in [0.25, 0.3) is 0 Å². The van der Waals surface area contributed by atoms with Gasteiger partial charge in [0.2, 0.25) is 5.88 Å². The lowest BCUT2D eigenvalue weighted by Gasteiger charge is -2.28. The van der Waals surface area contributed by atoms with E-state index < -0.39 is 5.92 Å². The molecule has 134 valence electrons. The van der Waals surface area contributed by atoms with Crippen LogP contribution >= 0.6 is 0 Å². The van der Waals surface area contributed by atoms with Crippen molar-refractivity contribution in [3.8, 4) is 29.1 Å². The first-order chi connectivity index (χ1) is 12.6. The third-order valence-corrected chi connectivity index (χ3v) is 4.10. The van der Waals surface area contributed by atoms with Crippen LogP contribution in [0.25, 0.3) is 0 Å². The van der Waals surface area contributed by atoms with Gasteiger partial charge in [0.15, 0.2) is 0 Å². The first-order valence-electron chi connectivity index (χ1n) is 8.39. The zero-order valence-electron chi connectivity index (χ0n) is 14.7. The zero-order valence-corrected chi connectivity index (χ0v) is 14.7. The molecule has 3 rings (SSSR count). The van der Waals surface area contributed by atoms with Crippen molar-refractivity contribution in [1.82, 2.24) is 0 Å². The highest BCUT2D eigenvalue weighted by Gasteiger charge is 2.33. The molecular formula is C20H20N2O4. The highest BCUT2D eigenvalue weighted by Crippen LogP contribution is 2.46. The summed E-state index contributed by atoms with van der Waals surface area (Å²) in [5, 5.41) is 19.6. The summed E-state index contributed by atoms with van der Waals surface area (Å²) in [5.41, 5.74) is 7.63. The molecule has 0 fully saturated rings. The van der Waals surface area contributed by atoms with Gasteiger partial charge >= 0.3 is 0 Å². The van der Waals surface area contributed by atoms with Crippen molar-refractivity contribution >= 4 is 0 Å². The van der Waals surface area contributed by atoms with Crippen molar-refractivity contribution in [1.29, 1.82) is 5.26 Å². The number of nitrogens with two attached hydrogens (primary N) is 1. The molecule has 2 aromatic rings. The lowest BCUT2D eigenvalue weighted by Crippen LogP contribution is -2.21. The molecule has 0 spiro atoms. The minimum atomic E-state index is -0.530. The summed E-state index contributed by atoms with van der Waals surface area (Å²) in [4.78, 5) is 0. The predicted molar refractivity (Wildman–Crippen MR) is 96.2 cm³/mol. The van der Waals surface area contributed by atoms with Crippen molar-refractivity contribution in [2.75, 3.05) is 13.2 Å². The van der Waals surface area contributed by atoms with Gasteiger partial charge < -0.3 is 25.1 Å². The fourth-order valence-electron chi connectivity index (χ4n) is 3.06. The Morgan fingerprint density at radius 2 is 1.88 bits per heavy atom. The molecule has 0 aliphatic carbocycles. The second-order valence-electron chi connectivity index (χ2n) is 5.71. The molecule has 0 radical (unpaired) electrons. The number of nitrogens with zero attached hydrogens (tertiary/aromatic N) is 1. The summed E-state index contributed by atoms with van der Waals surface area (Å²) >= 11 is 0. The maximum atomic E-state index is 9.95. The minimum Gasteiger partial charge on any atom is -0.508 e. The summed E-state index contributed by atoms with van der Waals surface area (Å²) in [6.45, 7) is 4.77. The predicted octanol–water partition coefficient (Wildman–Crippen LogP) is 3.41. The Labute approximate surface area is 152 Å². The Morgan fingerprint density at radius 3 is 2.58 bits per heavy atom. The number of aromatic hydroxyl groups is 1. The molecule has 1 aliphatic heterocycles. The van der Waals surface area contributed by atoms with E-state index in [1.165, 1.54) is 6.07 Å². The standard InChI is InChI=1S/C20H20N2O4/c1-3-24-13-6-8-17(25-4-2)15(10-13)19-14-9-12(23)5-7-18(14)26-20(22)16(19)11-21/h5-10,19,23H,3-4,22H2,1-2H3/t19-/m1/s1. The summed E-state index contributed by atoms with van der Waals surface area (Å²) in [5.74, 6) is 1.37. The van der Waals surface area contributed by atoms with Crippen LogP contribution < -0.4 is 19.9 Å². The van der Waals surface area contributed by atoms with Gasteiger partial charge in [0.05, 0.1) is 19.1 Å². The average molecular weight is 352 g/mol. The maximum absolute atomic E-state index is 9.95. The molecule has 0 saturated carbocycles. The van der Waals surface area contributed by atoms with Gasteiger partial charge in [0.1, 0.15) is 34.6 Å². The molecule has 3 N–H and O–H groups in total. The number of fused-ring (bicyclic) bond motifs is 1. The molecule has 0 unspecified atom stereocenters. The molecule has 0 bridgehead atoms. The van der Waals surface area contributed by atoms with E-state index in [1.807, 2.05) is 32.0 Å². The first kappa shape index (κ1) is 17.5. The maximum Gasteiger partial charge on any atom is 0.205 e. The number of rotatable bonds is 5. The van der Waals surface area contributed by atoms with E-state index in [0.29, 0.717) is 36.0 Å². The van der Waals surface area contributed by atoms with Crippen molar-refractivity contribution in [3.05, 3.63) is 59.0 Å². The Balaban J connectivity index is 2.25. The van der Waals surface area contributed by atoms with Crippen LogP contribution in [-0.2, 0) is 0 Å². The number of allylic oxidation sites excluding steroid dienone is 1. The molecule has 0 amide bonds. The van der Waals surface area contributed by atoms with Gasteiger partial charge in [-0.3, -0.25) is 0 Å². The second kappa shape index (κ2) is 7.28. The number of hydrogen-bond acceptors (Lipinski definition) is 6. The van der Waals surface area contributed by atoms with Gasteiger partial charge in [-0.1, -0.05) is 0 Å². The number of phenolic OH excluding ortho intramolecular Hbond substituents is 1. The lowest BCUT2D eigenvalue weighted by molar-refractivity contribution is 0.325. The van der Waals surface area contributed by atoms with Crippen molar-refractivity contribution < 1.29 is 19.3 Å². The Bertz CT molecular complexity index is 899. The molecule has 26 heavy (non-hydrogen) atoms. The third kappa shape index (κ3) is 3.11. The number of phenols is 1. The highest BCUT2D eigenvalue weighted by molar-refractivity contribution is 5.60. The number of nitriles is 1. The molecule has 0 aromatic heterocycles. The van der Waals surface area contributed by atoms with Crippen LogP contribution in [-0.4, -0.2) is 18.3 Å². The van der Waals surface area contributed by atoms with Crippen molar-refractivity contribution in [2.24, 2.45) is 5.73 Å². The summed E-state index contributed by atoms with van der Waals surface area (Å²) in [6.07, 6.45) is 0. The zero-order chi connectivity index (χ0) is 18.7. The molecule has 6 heteroatoms. The average Bonchev–Trinajstić information content (AvgIpc) is 2.63. The molecule has 2 aromatic carbocycles. The molecule has 1 heterocycles. The number of hydrogen-bond donors (Lipinski definition) is 2. The van der Waals surface area contributed by atoms with Gasteiger partial charge in [-0.25, -0.2) is 0 Å². The SMILES string of the molecule is CCOc1ccc(OCC)c([C@@H]2C(C#N)=C(N)Oc3ccc(O)cc32)c1. The first-order valence-corrected chi connectivity index (χ1v) is 8.39. The van der Waals surface area contributed by atoms with E-state index >= 15 is 0 Å². The molecule has 6 nitrogen and oxygen atoms in total. The van der Waals surface area contributed by atoms with E-state index in [4.69, 9.17) is 19.9 Å². The fraction of sp³-hybridized carbons (Fsp3) is 0.250. The van der Waals surface area contributed by atoms with Crippen LogP contribution in [0, 0.1) is 11.3 Å².